The third-order valence-electron chi connectivity index (χ3n) is 3.08. The van der Waals surface area contributed by atoms with E-state index >= 15 is 0 Å². The molecule has 1 unspecified atom stereocenters. The summed E-state index contributed by atoms with van der Waals surface area (Å²) in [6.45, 7) is 11.2. The summed E-state index contributed by atoms with van der Waals surface area (Å²) in [5.74, 6) is 0.772. The van der Waals surface area contributed by atoms with Gasteiger partial charge in [0.1, 0.15) is 0 Å². The van der Waals surface area contributed by atoms with Gasteiger partial charge >= 0.3 is 0 Å². The number of rotatable bonds is 1. The second-order valence-corrected chi connectivity index (χ2v) is 4.59. The molecular weight excluding hydrogens is 144 g/mol. The maximum atomic E-state index is 2.41. The van der Waals surface area contributed by atoms with Crippen molar-refractivity contribution in [3.8, 4) is 0 Å². The van der Waals surface area contributed by atoms with Crippen molar-refractivity contribution in [1.82, 2.24) is 0 Å². The van der Waals surface area contributed by atoms with Crippen LogP contribution in [0.4, 0.5) is 0 Å². The molecule has 0 aromatic rings. The van der Waals surface area contributed by atoms with Crippen LogP contribution < -0.4 is 0 Å². The molecule has 0 N–H and O–H groups in total. The summed E-state index contributed by atoms with van der Waals surface area (Å²) in [6.07, 6.45) is 5.96. The van der Waals surface area contributed by atoms with E-state index in [2.05, 4.69) is 46.8 Å². The van der Waals surface area contributed by atoms with Crippen molar-refractivity contribution < 1.29 is 0 Å². The standard InChI is InChI=1S/C12H20/c1-6-10-8-11(7-9(2)3)12(10,4)5/h6-7,11H,8H2,1-5H3/b10-6-. The van der Waals surface area contributed by atoms with Crippen LogP contribution in [0.3, 0.4) is 0 Å². The van der Waals surface area contributed by atoms with Crippen molar-refractivity contribution in [2.45, 2.75) is 41.0 Å². The molecule has 0 spiro atoms. The SMILES string of the molecule is C/C=C1/CC(C=C(C)C)C1(C)C. The highest BCUT2D eigenvalue weighted by atomic mass is 14.4. The molecule has 0 saturated heterocycles. The Balaban J connectivity index is 2.72. The normalized spacial score (nSPS) is 29.8. The highest BCUT2D eigenvalue weighted by molar-refractivity contribution is 5.28. The molecule has 1 aliphatic carbocycles. The van der Waals surface area contributed by atoms with Crippen molar-refractivity contribution in [3.63, 3.8) is 0 Å². The lowest BCUT2D eigenvalue weighted by atomic mass is 9.58. The molecule has 0 heterocycles. The average Bonchev–Trinajstić information content (AvgIpc) is 1.96. The van der Waals surface area contributed by atoms with Crippen molar-refractivity contribution >= 4 is 0 Å². The quantitative estimate of drug-likeness (QED) is 0.515. The summed E-state index contributed by atoms with van der Waals surface area (Å²) in [6, 6.07) is 0. The second-order valence-electron chi connectivity index (χ2n) is 4.59. The van der Waals surface area contributed by atoms with Gasteiger partial charge in [0, 0.05) is 0 Å². The van der Waals surface area contributed by atoms with E-state index in [4.69, 9.17) is 0 Å². The summed E-state index contributed by atoms with van der Waals surface area (Å²) < 4.78 is 0. The van der Waals surface area contributed by atoms with Gasteiger partial charge in [0.15, 0.2) is 0 Å². The molecule has 0 nitrogen and oxygen atoms in total. The fraction of sp³-hybridized carbons (Fsp3) is 0.667. The molecule has 0 aromatic carbocycles. The first-order chi connectivity index (χ1) is 5.48. The molecule has 0 amide bonds. The van der Waals surface area contributed by atoms with Gasteiger partial charge in [0.05, 0.1) is 0 Å². The van der Waals surface area contributed by atoms with Crippen LogP contribution in [0.2, 0.25) is 0 Å². The van der Waals surface area contributed by atoms with Crippen LogP contribution in [-0.4, -0.2) is 0 Å². The topological polar surface area (TPSA) is 0 Å². The van der Waals surface area contributed by atoms with E-state index in [1.54, 1.807) is 5.57 Å². The van der Waals surface area contributed by atoms with E-state index < -0.39 is 0 Å². The Labute approximate surface area is 76.4 Å². The van der Waals surface area contributed by atoms with Crippen LogP contribution in [0.5, 0.6) is 0 Å². The molecule has 0 heteroatoms. The first kappa shape index (κ1) is 9.57. The highest BCUT2D eigenvalue weighted by Crippen LogP contribution is 2.51. The Kier molecular flexibility index (Phi) is 2.46. The Morgan fingerprint density at radius 1 is 1.42 bits per heavy atom. The van der Waals surface area contributed by atoms with Crippen LogP contribution in [-0.2, 0) is 0 Å². The second kappa shape index (κ2) is 3.08. The summed E-state index contributed by atoms with van der Waals surface area (Å²) in [5, 5.41) is 0. The van der Waals surface area contributed by atoms with E-state index in [1.807, 2.05) is 0 Å². The summed E-state index contributed by atoms with van der Waals surface area (Å²) in [7, 11) is 0. The molecule has 1 saturated carbocycles. The van der Waals surface area contributed by atoms with Gasteiger partial charge in [-0.15, -0.1) is 0 Å². The fourth-order valence-electron chi connectivity index (χ4n) is 2.02. The first-order valence-electron chi connectivity index (χ1n) is 4.79. The lowest BCUT2D eigenvalue weighted by Crippen LogP contribution is -2.36. The molecule has 0 aromatic heterocycles. The summed E-state index contributed by atoms with van der Waals surface area (Å²) in [4.78, 5) is 0. The smallest absolute Gasteiger partial charge is 0.00787 e. The van der Waals surface area contributed by atoms with Gasteiger partial charge in [-0.25, -0.2) is 0 Å². The number of allylic oxidation sites excluding steroid dienone is 4. The van der Waals surface area contributed by atoms with E-state index in [0.29, 0.717) is 5.41 Å². The lowest BCUT2D eigenvalue weighted by molar-refractivity contribution is 0.215. The third-order valence-corrected chi connectivity index (χ3v) is 3.08. The van der Waals surface area contributed by atoms with Crippen molar-refractivity contribution in [3.05, 3.63) is 23.3 Å². The zero-order chi connectivity index (χ0) is 9.35. The molecular formula is C12H20. The Morgan fingerprint density at radius 2 is 2.00 bits per heavy atom. The molecule has 1 atom stereocenters. The fourth-order valence-corrected chi connectivity index (χ4v) is 2.02. The molecule has 0 bridgehead atoms. The van der Waals surface area contributed by atoms with Crippen LogP contribution in [0, 0.1) is 11.3 Å². The minimum absolute atomic E-state index is 0.423. The minimum atomic E-state index is 0.423. The van der Waals surface area contributed by atoms with E-state index in [0.717, 1.165) is 5.92 Å². The molecule has 68 valence electrons. The highest BCUT2D eigenvalue weighted by Gasteiger charge is 2.40. The van der Waals surface area contributed by atoms with Gasteiger partial charge in [-0.05, 0) is 38.5 Å². The van der Waals surface area contributed by atoms with Gasteiger partial charge in [-0.1, -0.05) is 37.1 Å². The minimum Gasteiger partial charge on any atom is -0.0879 e. The van der Waals surface area contributed by atoms with E-state index in [1.165, 1.54) is 12.0 Å². The molecule has 0 radical (unpaired) electrons. The first-order valence-corrected chi connectivity index (χ1v) is 4.79. The van der Waals surface area contributed by atoms with Gasteiger partial charge in [-0.3, -0.25) is 0 Å². The molecule has 1 aliphatic rings. The Bertz CT molecular complexity index is 224. The van der Waals surface area contributed by atoms with Crippen LogP contribution in [0.15, 0.2) is 23.3 Å². The molecule has 0 aliphatic heterocycles. The zero-order valence-corrected chi connectivity index (χ0v) is 8.94. The molecule has 1 rings (SSSR count). The van der Waals surface area contributed by atoms with Crippen molar-refractivity contribution in [2.24, 2.45) is 11.3 Å². The number of hydrogen-bond acceptors (Lipinski definition) is 0. The van der Waals surface area contributed by atoms with Crippen LogP contribution in [0.1, 0.15) is 41.0 Å². The maximum absolute atomic E-state index is 2.41. The average molecular weight is 164 g/mol. The van der Waals surface area contributed by atoms with Crippen LogP contribution in [0.25, 0.3) is 0 Å². The van der Waals surface area contributed by atoms with Crippen molar-refractivity contribution in [1.29, 1.82) is 0 Å². The van der Waals surface area contributed by atoms with Gasteiger partial charge in [0.25, 0.3) is 0 Å². The predicted molar refractivity (Wildman–Crippen MR) is 55.1 cm³/mol. The largest absolute Gasteiger partial charge is 0.0879 e. The summed E-state index contributed by atoms with van der Waals surface area (Å²) in [5.41, 5.74) is 3.49. The van der Waals surface area contributed by atoms with Crippen LogP contribution >= 0.6 is 0 Å². The summed E-state index contributed by atoms with van der Waals surface area (Å²) >= 11 is 0. The third kappa shape index (κ3) is 1.48. The van der Waals surface area contributed by atoms with E-state index in [9.17, 15) is 0 Å². The lowest BCUT2D eigenvalue weighted by Gasteiger charge is -2.46. The van der Waals surface area contributed by atoms with Gasteiger partial charge in [-0.2, -0.15) is 0 Å². The number of hydrogen-bond donors (Lipinski definition) is 0. The van der Waals surface area contributed by atoms with E-state index in [-0.39, 0.29) is 0 Å². The Hall–Kier alpha value is -0.520. The molecule has 1 fully saturated rings. The zero-order valence-electron chi connectivity index (χ0n) is 8.94. The predicted octanol–water partition coefficient (Wildman–Crippen LogP) is 3.95. The van der Waals surface area contributed by atoms with Gasteiger partial charge < -0.3 is 0 Å². The molecule has 12 heavy (non-hydrogen) atoms. The van der Waals surface area contributed by atoms with Gasteiger partial charge in [0.2, 0.25) is 0 Å². The maximum Gasteiger partial charge on any atom is -0.00787 e. The monoisotopic (exact) mass is 164 g/mol. The van der Waals surface area contributed by atoms with Crippen molar-refractivity contribution in [2.75, 3.05) is 0 Å². The Morgan fingerprint density at radius 3 is 2.33 bits per heavy atom.